The molecular formula is C8H7F3INO2. The molecule has 0 radical (unpaired) electrons. The molecule has 84 valence electrons. The minimum Gasteiger partial charge on any atom is -0.404 e. The van der Waals surface area contributed by atoms with Gasteiger partial charge in [-0.05, 0) is 29.5 Å². The lowest BCUT2D eigenvalue weighted by Crippen LogP contribution is -2.19. The average molecular weight is 333 g/mol. The van der Waals surface area contributed by atoms with Gasteiger partial charge < -0.3 is 9.84 Å². The summed E-state index contributed by atoms with van der Waals surface area (Å²) in [6.07, 6.45) is -3.51. The molecule has 1 rings (SSSR count). The van der Waals surface area contributed by atoms with Gasteiger partial charge >= 0.3 is 6.36 Å². The van der Waals surface area contributed by atoms with E-state index in [0.717, 1.165) is 0 Å². The van der Waals surface area contributed by atoms with E-state index in [9.17, 15) is 13.2 Å². The van der Waals surface area contributed by atoms with Crippen LogP contribution in [-0.4, -0.2) is 16.5 Å². The maximum atomic E-state index is 12.0. The summed E-state index contributed by atoms with van der Waals surface area (Å²) in [6.45, 7) is 0.964. The molecule has 0 aromatic carbocycles. The number of nitrogens with zero attached hydrogens (tertiary/aromatic N) is 1. The van der Waals surface area contributed by atoms with Gasteiger partial charge in [-0.3, -0.25) is 4.98 Å². The molecular weight excluding hydrogens is 326 g/mol. The maximum Gasteiger partial charge on any atom is 0.573 e. The second kappa shape index (κ2) is 4.52. The molecule has 0 atom stereocenters. The third-order valence-electron chi connectivity index (χ3n) is 1.68. The molecule has 15 heavy (non-hydrogen) atoms. The van der Waals surface area contributed by atoms with Gasteiger partial charge in [0.15, 0.2) is 5.75 Å². The highest BCUT2D eigenvalue weighted by Gasteiger charge is 2.33. The van der Waals surface area contributed by atoms with Crippen LogP contribution >= 0.6 is 22.6 Å². The van der Waals surface area contributed by atoms with Crippen LogP contribution in [0.2, 0.25) is 0 Å². The van der Waals surface area contributed by atoms with Gasteiger partial charge in [0.2, 0.25) is 0 Å². The number of ether oxygens (including phenoxy) is 1. The number of pyridine rings is 1. The summed E-state index contributed by atoms with van der Waals surface area (Å²) in [5.41, 5.74) is 0.372. The highest BCUT2D eigenvalue weighted by Crippen LogP contribution is 2.32. The lowest BCUT2D eigenvalue weighted by Gasteiger charge is -2.14. The number of aliphatic hydroxyl groups is 1. The summed E-state index contributed by atoms with van der Waals surface area (Å²) in [5, 5.41) is 8.93. The van der Waals surface area contributed by atoms with Crippen molar-refractivity contribution < 1.29 is 23.0 Å². The summed E-state index contributed by atoms with van der Waals surface area (Å²) in [5.74, 6) is -0.377. The SMILES string of the molecule is Cc1ncc(I)c(OC(F)(F)F)c1CO. The van der Waals surface area contributed by atoms with E-state index >= 15 is 0 Å². The Balaban J connectivity index is 3.20. The molecule has 1 aromatic rings. The van der Waals surface area contributed by atoms with Crippen LogP contribution in [0.25, 0.3) is 0 Å². The van der Waals surface area contributed by atoms with Crippen molar-refractivity contribution in [2.45, 2.75) is 19.9 Å². The molecule has 0 aliphatic heterocycles. The number of hydrogen-bond acceptors (Lipinski definition) is 3. The molecule has 1 aromatic heterocycles. The van der Waals surface area contributed by atoms with Crippen LogP contribution in [0.4, 0.5) is 13.2 Å². The summed E-state index contributed by atoms with van der Waals surface area (Å²) < 4.78 is 40.2. The first kappa shape index (κ1) is 12.5. The fraction of sp³-hybridized carbons (Fsp3) is 0.375. The van der Waals surface area contributed by atoms with Gasteiger partial charge in [-0.1, -0.05) is 0 Å². The van der Waals surface area contributed by atoms with Gasteiger partial charge in [-0.2, -0.15) is 0 Å². The smallest absolute Gasteiger partial charge is 0.404 e. The van der Waals surface area contributed by atoms with Crippen LogP contribution in [-0.2, 0) is 6.61 Å². The van der Waals surface area contributed by atoms with Crippen LogP contribution in [0, 0.1) is 10.5 Å². The molecule has 0 saturated heterocycles. The molecule has 0 saturated carbocycles. The normalized spacial score (nSPS) is 11.6. The molecule has 0 unspecified atom stereocenters. The predicted molar refractivity (Wildman–Crippen MR) is 54.3 cm³/mol. The maximum absolute atomic E-state index is 12.0. The van der Waals surface area contributed by atoms with E-state index in [0.29, 0.717) is 5.69 Å². The van der Waals surface area contributed by atoms with Crippen molar-refractivity contribution in [2.24, 2.45) is 0 Å². The topological polar surface area (TPSA) is 42.4 Å². The highest BCUT2D eigenvalue weighted by atomic mass is 127. The first-order valence-corrected chi connectivity index (χ1v) is 4.93. The van der Waals surface area contributed by atoms with Crippen molar-refractivity contribution in [3.05, 3.63) is 21.0 Å². The third-order valence-corrected chi connectivity index (χ3v) is 2.44. The van der Waals surface area contributed by atoms with E-state index in [1.54, 1.807) is 22.6 Å². The summed E-state index contributed by atoms with van der Waals surface area (Å²) in [4.78, 5) is 3.83. The summed E-state index contributed by atoms with van der Waals surface area (Å²) >= 11 is 1.67. The second-order valence-electron chi connectivity index (χ2n) is 2.71. The van der Waals surface area contributed by atoms with E-state index in [1.165, 1.54) is 13.1 Å². The summed E-state index contributed by atoms with van der Waals surface area (Å²) in [6, 6.07) is 0. The van der Waals surface area contributed by atoms with E-state index in [1.807, 2.05) is 0 Å². The van der Waals surface area contributed by atoms with Crippen LogP contribution in [0.5, 0.6) is 5.75 Å². The minimum atomic E-state index is -4.77. The van der Waals surface area contributed by atoms with E-state index < -0.39 is 13.0 Å². The quantitative estimate of drug-likeness (QED) is 0.845. The summed E-state index contributed by atoms with van der Waals surface area (Å²) in [7, 11) is 0. The Morgan fingerprint density at radius 1 is 1.53 bits per heavy atom. The van der Waals surface area contributed by atoms with Crippen molar-refractivity contribution in [3.63, 3.8) is 0 Å². The van der Waals surface area contributed by atoms with Gasteiger partial charge in [0.25, 0.3) is 0 Å². The van der Waals surface area contributed by atoms with Crippen molar-refractivity contribution in [1.29, 1.82) is 0 Å². The second-order valence-corrected chi connectivity index (χ2v) is 3.87. The predicted octanol–water partition coefficient (Wildman–Crippen LogP) is 2.39. The molecule has 1 heterocycles. The first-order valence-electron chi connectivity index (χ1n) is 3.85. The van der Waals surface area contributed by atoms with Crippen LogP contribution < -0.4 is 4.74 Å². The van der Waals surface area contributed by atoms with Crippen molar-refractivity contribution in [1.82, 2.24) is 4.98 Å². The Morgan fingerprint density at radius 2 is 2.13 bits per heavy atom. The fourth-order valence-electron chi connectivity index (χ4n) is 1.01. The molecule has 0 bridgehead atoms. The molecule has 0 aliphatic rings. The zero-order valence-corrected chi connectivity index (χ0v) is 9.76. The highest BCUT2D eigenvalue weighted by molar-refractivity contribution is 14.1. The van der Waals surface area contributed by atoms with Gasteiger partial charge in [0, 0.05) is 17.5 Å². The average Bonchev–Trinajstić information content (AvgIpc) is 2.10. The van der Waals surface area contributed by atoms with Crippen LogP contribution in [0.1, 0.15) is 11.3 Å². The van der Waals surface area contributed by atoms with Crippen molar-refractivity contribution in [2.75, 3.05) is 0 Å². The fourth-order valence-corrected chi connectivity index (χ4v) is 1.59. The number of aromatic nitrogens is 1. The Bertz CT molecular complexity index is 368. The molecule has 0 amide bonds. The van der Waals surface area contributed by atoms with Gasteiger partial charge in [0.05, 0.1) is 10.2 Å². The number of halogens is 4. The Labute approximate surface area is 97.4 Å². The lowest BCUT2D eigenvalue weighted by atomic mass is 10.2. The number of aliphatic hydroxyl groups excluding tert-OH is 1. The first-order chi connectivity index (χ1) is 6.85. The monoisotopic (exact) mass is 333 g/mol. The molecule has 0 aliphatic carbocycles. The van der Waals surface area contributed by atoms with Gasteiger partial charge in [-0.15, -0.1) is 13.2 Å². The van der Waals surface area contributed by atoms with E-state index in [2.05, 4.69) is 9.72 Å². The van der Waals surface area contributed by atoms with Crippen LogP contribution in [0.15, 0.2) is 6.20 Å². The zero-order chi connectivity index (χ0) is 11.6. The minimum absolute atomic E-state index is 0.0548. The third kappa shape index (κ3) is 3.20. The number of rotatable bonds is 2. The molecule has 0 spiro atoms. The number of alkyl halides is 3. The van der Waals surface area contributed by atoms with Gasteiger partial charge in [-0.25, -0.2) is 0 Å². The molecule has 1 N–H and O–H groups in total. The van der Waals surface area contributed by atoms with Gasteiger partial charge in [0.1, 0.15) is 0 Å². The van der Waals surface area contributed by atoms with E-state index in [-0.39, 0.29) is 14.9 Å². The lowest BCUT2D eigenvalue weighted by molar-refractivity contribution is -0.275. The molecule has 3 nitrogen and oxygen atoms in total. The number of aryl methyl sites for hydroxylation is 1. The zero-order valence-electron chi connectivity index (χ0n) is 7.60. The largest absolute Gasteiger partial charge is 0.573 e. The number of hydrogen-bond donors (Lipinski definition) is 1. The van der Waals surface area contributed by atoms with Crippen molar-refractivity contribution in [3.8, 4) is 5.75 Å². The Hall–Kier alpha value is -0.570. The van der Waals surface area contributed by atoms with Crippen LogP contribution in [0.3, 0.4) is 0 Å². The van der Waals surface area contributed by atoms with Crippen molar-refractivity contribution >= 4 is 22.6 Å². The molecule has 7 heteroatoms. The van der Waals surface area contributed by atoms with E-state index in [4.69, 9.17) is 5.11 Å². The standard InChI is InChI=1S/C8H7F3INO2/c1-4-5(3-14)7(6(12)2-13-4)15-8(9,10)11/h2,14H,3H2,1H3. The Morgan fingerprint density at radius 3 is 2.60 bits per heavy atom. The molecule has 0 fully saturated rings. The Kier molecular flexibility index (Phi) is 3.77.